The summed E-state index contributed by atoms with van der Waals surface area (Å²) in [6, 6.07) is 18.3. The van der Waals surface area contributed by atoms with E-state index in [0.717, 1.165) is 17.1 Å². The average molecular weight is 608 g/mol. The van der Waals surface area contributed by atoms with Crippen molar-refractivity contribution in [2.24, 2.45) is 5.10 Å². The van der Waals surface area contributed by atoms with E-state index in [1.807, 2.05) is 24.3 Å². The predicted octanol–water partition coefficient (Wildman–Crippen LogP) is 6.41. The number of rotatable bonds is 13. The van der Waals surface area contributed by atoms with Gasteiger partial charge >= 0.3 is 11.9 Å². The lowest BCUT2D eigenvalue weighted by Gasteiger charge is -2.18. The van der Waals surface area contributed by atoms with Crippen molar-refractivity contribution in [3.05, 3.63) is 94.2 Å². The Morgan fingerprint density at radius 2 is 1.72 bits per heavy atom. The molecule has 4 rings (SSSR count). The van der Waals surface area contributed by atoms with Gasteiger partial charge in [0.1, 0.15) is 18.1 Å². The SMILES string of the molecule is CCOC(=O)[C@@H](C)Oc1c(Cl)cc(/C=N/NC(=O)c2ccc(COc3ccc(-n4c(C)ccc4C)cc3)o2)cc1OCC. The summed E-state index contributed by atoms with van der Waals surface area (Å²) in [5.41, 5.74) is 6.32. The molecule has 0 saturated carbocycles. The molecule has 0 aliphatic rings. The predicted molar refractivity (Wildman–Crippen MR) is 163 cm³/mol. The smallest absolute Gasteiger partial charge is 0.347 e. The van der Waals surface area contributed by atoms with E-state index < -0.39 is 18.0 Å². The van der Waals surface area contributed by atoms with Crippen LogP contribution in [0, 0.1) is 13.8 Å². The van der Waals surface area contributed by atoms with Crippen LogP contribution < -0.4 is 19.6 Å². The van der Waals surface area contributed by atoms with Gasteiger partial charge < -0.3 is 27.9 Å². The molecule has 4 aromatic rings. The Balaban J connectivity index is 1.33. The van der Waals surface area contributed by atoms with Crippen molar-refractivity contribution in [1.29, 1.82) is 0 Å². The highest BCUT2D eigenvalue weighted by Gasteiger charge is 2.21. The number of halogens is 1. The summed E-state index contributed by atoms with van der Waals surface area (Å²) in [6.07, 6.45) is 0.515. The molecular formula is C32H34ClN3O7. The Morgan fingerprint density at radius 1 is 1.00 bits per heavy atom. The summed E-state index contributed by atoms with van der Waals surface area (Å²) in [6.45, 7) is 9.92. The molecule has 2 aromatic heterocycles. The van der Waals surface area contributed by atoms with E-state index in [-0.39, 0.29) is 29.7 Å². The first kappa shape index (κ1) is 31.2. The fraction of sp³-hybridized carbons (Fsp3) is 0.281. The quantitative estimate of drug-likeness (QED) is 0.106. The Hall–Kier alpha value is -4.70. The maximum Gasteiger partial charge on any atom is 0.347 e. The number of carbonyl (C=O) groups is 2. The minimum Gasteiger partial charge on any atom is -0.490 e. The number of amides is 1. The largest absolute Gasteiger partial charge is 0.490 e. The van der Waals surface area contributed by atoms with Crippen molar-refractivity contribution in [3.8, 4) is 22.9 Å². The van der Waals surface area contributed by atoms with Gasteiger partial charge in [-0.15, -0.1) is 0 Å². The molecular weight excluding hydrogens is 574 g/mol. The molecule has 1 N–H and O–H groups in total. The van der Waals surface area contributed by atoms with Crippen molar-refractivity contribution >= 4 is 29.7 Å². The van der Waals surface area contributed by atoms with E-state index in [9.17, 15) is 9.59 Å². The minimum atomic E-state index is -0.886. The van der Waals surface area contributed by atoms with Crippen LogP contribution in [0.15, 0.2) is 70.2 Å². The third-order valence-corrected chi connectivity index (χ3v) is 6.54. The van der Waals surface area contributed by atoms with Crippen molar-refractivity contribution in [2.45, 2.75) is 47.3 Å². The highest BCUT2D eigenvalue weighted by Crippen LogP contribution is 2.37. The summed E-state index contributed by atoms with van der Waals surface area (Å²) in [7, 11) is 0. The number of furan rings is 1. The van der Waals surface area contributed by atoms with E-state index in [0.29, 0.717) is 29.4 Å². The monoisotopic (exact) mass is 607 g/mol. The number of hydrazone groups is 1. The number of nitrogens with zero attached hydrogens (tertiary/aromatic N) is 2. The van der Waals surface area contributed by atoms with Gasteiger partial charge in [-0.05, 0) is 101 Å². The van der Waals surface area contributed by atoms with Gasteiger partial charge in [-0.2, -0.15) is 5.10 Å². The molecule has 11 heteroatoms. The number of hydrogen-bond donors (Lipinski definition) is 1. The minimum absolute atomic E-state index is 0.0781. The first-order chi connectivity index (χ1) is 20.7. The van der Waals surface area contributed by atoms with E-state index in [2.05, 4.69) is 41.1 Å². The number of aromatic nitrogens is 1. The third kappa shape index (κ3) is 7.98. The van der Waals surface area contributed by atoms with Gasteiger partial charge in [0, 0.05) is 17.1 Å². The van der Waals surface area contributed by atoms with Gasteiger partial charge in [0.25, 0.3) is 0 Å². The van der Waals surface area contributed by atoms with Crippen LogP contribution in [-0.2, 0) is 16.1 Å². The highest BCUT2D eigenvalue weighted by atomic mass is 35.5. The van der Waals surface area contributed by atoms with Crippen LogP contribution in [0.3, 0.4) is 0 Å². The van der Waals surface area contributed by atoms with Crippen LogP contribution in [0.2, 0.25) is 5.02 Å². The van der Waals surface area contributed by atoms with Gasteiger partial charge in [-0.25, -0.2) is 10.2 Å². The number of aryl methyl sites for hydroxylation is 2. The lowest BCUT2D eigenvalue weighted by atomic mass is 10.2. The second-order valence-electron chi connectivity index (χ2n) is 9.47. The topological polar surface area (TPSA) is 114 Å². The molecule has 0 aliphatic heterocycles. The molecule has 0 unspecified atom stereocenters. The van der Waals surface area contributed by atoms with Crippen molar-refractivity contribution < 1.29 is 33.0 Å². The van der Waals surface area contributed by atoms with Crippen LogP contribution in [0.5, 0.6) is 17.2 Å². The number of carbonyl (C=O) groups excluding carboxylic acids is 2. The van der Waals surface area contributed by atoms with Crippen molar-refractivity contribution in [3.63, 3.8) is 0 Å². The van der Waals surface area contributed by atoms with Crippen molar-refractivity contribution in [1.82, 2.24) is 9.99 Å². The Bertz CT molecular complexity index is 1570. The summed E-state index contributed by atoms with van der Waals surface area (Å²) in [5, 5.41) is 4.20. The maximum atomic E-state index is 12.6. The van der Waals surface area contributed by atoms with Crippen LogP contribution in [-0.4, -0.2) is 42.0 Å². The molecule has 2 aromatic carbocycles. The van der Waals surface area contributed by atoms with E-state index >= 15 is 0 Å². The molecule has 1 amide bonds. The summed E-state index contributed by atoms with van der Waals surface area (Å²) in [4.78, 5) is 24.6. The summed E-state index contributed by atoms with van der Waals surface area (Å²) in [5.74, 6) is 0.704. The zero-order chi connectivity index (χ0) is 30.9. The third-order valence-electron chi connectivity index (χ3n) is 6.26. The van der Waals surface area contributed by atoms with Gasteiger partial charge in [-0.1, -0.05) is 11.6 Å². The molecule has 43 heavy (non-hydrogen) atoms. The average Bonchev–Trinajstić information content (AvgIpc) is 3.60. The maximum absolute atomic E-state index is 12.6. The summed E-state index contributed by atoms with van der Waals surface area (Å²) < 4.78 is 30.0. The zero-order valence-corrected chi connectivity index (χ0v) is 25.4. The second-order valence-corrected chi connectivity index (χ2v) is 9.88. The molecule has 10 nitrogen and oxygen atoms in total. The molecule has 0 fully saturated rings. The van der Waals surface area contributed by atoms with Crippen LogP contribution in [0.1, 0.15) is 54.0 Å². The standard InChI is InChI=1S/C32H34ClN3O7/c1-6-39-29-17-23(16-27(33)30(29)42-22(5)32(38)40-7-2)18-34-35-31(37)28-15-14-26(43-28)19-41-25-12-10-24(11-13-25)36-20(3)8-9-21(36)4/h8-18,22H,6-7,19H2,1-5H3,(H,35,37)/b34-18+/t22-/m1/s1. The number of benzene rings is 2. The van der Waals surface area contributed by atoms with Gasteiger partial charge in [0.15, 0.2) is 23.4 Å². The molecule has 0 saturated heterocycles. The molecule has 0 bridgehead atoms. The Labute approximate surface area is 255 Å². The molecule has 2 heterocycles. The van der Waals surface area contributed by atoms with Crippen LogP contribution >= 0.6 is 11.6 Å². The number of ether oxygens (including phenoxy) is 4. The van der Waals surface area contributed by atoms with E-state index in [4.69, 9.17) is 35.0 Å². The molecule has 1 atom stereocenters. The lowest BCUT2D eigenvalue weighted by Crippen LogP contribution is -2.26. The highest BCUT2D eigenvalue weighted by molar-refractivity contribution is 6.32. The molecule has 226 valence electrons. The number of esters is 1. The zero-order valence-electron chi connectivity index (χ0n) is 24.7. The van der Waals surface area contributed by atoms with Gasteiger partial charge in [-0.3, -0.25) is 4.79 Å². The lowest BCUT2D eigenvalue weighted by molar-refractivity contribution is -0.150. The van der Waals surface area contributed by atoms with Gasteiger partial charge in [0.2, 0.25) is 0 Å². The van der Waals surface area contributed by atoms with Gasteiger partial charge in [0.05, 0.1) is 24.5 Å². The van der Waals surface area contributed by atoms with E-state index in [1.54, 1.807) is 45.0 Å². The molecule has 0 spiro atoms. The van der Waals surface area contributed by atoms with E-state index in [1.165, 1.54) is 6.21 Å². The first-order valence-corrected chi connectivity index (χ1v) is 14.2. The second kappa shape index (κ2) is 14.5. The van der Waals surface area contributed by atoms with Crippen LogP contribution in [0.25, 0.3) is 5.69 Å². The summed E-state index contributed by atoms with van der Waals surface area (Å²) >= 11 is 6.42. The van der Waals surface area contributed by atoms with Crippen LogP contribution in [0.4, 0.5) is 0 Å². The molecule has 0 aliphatic carbocycles. The number of nitrogens with one attached hydrogen (secondary N) is 1. The number of hydrogen-bond acceptors (Lipinski definition) is 8. The normalized spacial score (nSPS) is 11.8. The Kier molecular flexibility index (Phi) is 10.5. The molecule has 0 radical (unpaired) electrons. The fourth-order valence-corrected chi connectivity index (χ4v) is 4.51. The first-order valence-electron chi connectivity index (χ1n) is 13.8. The fourth-order valence-electron chi connectivity index (χ4n) is 4.24. The Morgan fingerprint density at radius 3 is 2.40 bits per heavy atom. The van der Waals surface area contributed by atoms with Crippen molar-refractivity contribution in [2.75, 3.05) is 13.2 Å².